The maximum atomic E-state index is 13.1. The number of aliphatic hydroxyl groups is 1. The average molecular weight is 1470 g/mol. The van der Waals surface area contributed by atoms with Crippen LogP contribution in [-0.4, -0.2) is 96.7 Å². The van der Waals surface area contributed by atoms with Crippen molar-refractivity contribution in [3.8, 4) is 0 Å². The van der Waals surface area contributed by atoms with Gasteiger partial charge in [0.1, 0.15) is 19.3 Å². The monoisotopic (exact) mass is 1470 g/mol. The van der Waals surface area contributed by atoms with Gasteiger partial charge < -0.3 is 33.8 Å². The number of carbonyl (C=O) groups is 4. The van der Waals surface area contributed by atoms with Gasteiger partial charge in [-0.1, -0.05) is 364 Å². The molecule has 100 heavy (non-hydrogen) atoms. The largest absolute Gasteiger partial charge is 0.472 e. The van der Waals surface area contributed by atoms with Crippen LogP contribution in [0.1, 0.15) is 415 Å². The molecule has 594 valence electrons. The number of phosphoric acid groups is 2. The minimum atomic E-state index is -4.96. The Bertz CT molecular complexity index is 1960. The number of esters is 4. The predicted molar refractivity (Wildman–Crippen MR) is 409 cm³/mol. The molecule has 0 aromatic rings. The van der Waals surface area contributed by atoms with Crippen molar-refractivity contribution in [2.24, 2.45) is 23.7 Å². The molecule has 0 aromatic heterocycles. The molecule has 0 saturated carbocycles. The third-order valence-electron chi connectivity index (χ3n) is 19.2. The molecule has 0 aliphatic rings. The van der Waals surface area contributed by atoms with E-state index in [4.69, 9.17) is 37.0 Å². The lowest BCUT2D eigenvalue weighted by molar-refractivity contribution is -0.161. The fourth-order valence-corrected chi connectivity index (χ4v) is 14.0. The first-order valence-electron chi connectivity index (χ1n) is 41.7. The van der Waals surface area contributed by atoms with Gasteiger partial charge in [-0.15, -0.1) is 0 Å². The van der Waals surface area contributed by atoms with Crippen LogP contribution in [0.4, 0.5) is 0 Å². The minimum Gasteiger partial charge on any atom is -0.462 e. The number of ether oxygens (including phenoxy) is 4. The third kappa shape index (κ3) is 73.0. The van der Waals surface area contributed by atoms with Gasteiger partial charge in [0.2, 0.25) is 0 Å². The van der Waals surface area contributed by atoms with Crippen molar-refractivity contribution in [1.29, 1.82) is 0 Å². The summed E-state index contributed by atoms with van der Waals surface area (Å²) >= 11 is 0. The van der Waals surface area contributed by atoms with Crippen molar-refractivity contribution in [2.45, 2.75) is 433 Å². The summed E-state index contributed by atoms with van der Waals surface area (Å²) < 4.78 is 68.7. The van der Waals surface area contributed by atoms with Crippen LogP contribution in [-0.2, 0) is 65.4 Å². The van der Waals surface area contributed by atoms with Gasteiger partial charge in [0, 0.05) is 25.7 Å². The van der Waals surface area contributed by atoms with Crippen LogP contribution in [0.2, 0.25) is 0 Å². The molecule has 0 spiro atoms. The molecule has 0 rings (SSSR count). The summed E-state index contributed by atoms with van der Waals surface area (Å²) in [4.78, 5) is 73.0. The molecule has 0 fully saturated rings. The molecule has 0 aromatic carbocycles. The first kappa shape index (κ1) is 98.1. The standard InChI is InChI=1S/C81H158O17P2/c1-9-74(8)60-52-44-39-40-46-54-62-79(84)92-68-77(98-81(86)63-55-47-37-31-23-19-15-13-11-10-12-14-17-21-27-33-41-49-57-71(2)3)70-96-100(89,90)94-66-75(82)65-93-99(87,88)95-69-76(67-91-78(83)61-53-45-36-30-26-25-29-35-43-51-59-73(6)7)97-80(85)64-56-48-38-32-24-20-16-18-22-28-34-42-50-58-72(4)5/h71-77,82H,9-70H2,1-8H3,(H,87,88)(H,89,90)/t74?,75-,76-,77-/m1/s1. The fourth-order valence-electron chi connectivity index (χ4n) is 12.4. The van der Waals surface area contributed by atoms with E-state index in [9.17, 15) is 43.2 Å². The van der Waals surface area contributed by atoms with Crippen molar-refractivity contribution in [3.05, 3.63) is 0 Å². The maximum absolute atomic E-state index is 13.1. The van der Waals surface area contributed by atoms with E-state index >= 15 is 0 Å². The summed E-state index contributed by atoms with van der Waals surface area (Å²) in [6.45, 7) is 14.2. The molecule has 19 heteroatoms. The zero-order valence-corrected chi connectivity index (χ0v) is 67.6. The van der Waals surface area contributed by atoms with Crippen LogP contribution in [0.15, 0.2) is 0 Å². The molecule has 0 saturated heterocycles. The Labute approximate surface area is 613 Å². The van der Waals surface area contributed by atoms with E-state index in [0.717, 1.165) is 120 Å². The predicted octanol–water partition coefficient (Wildman–Crippen LogP) is 24.0. The summed E-state index contributed by atoms with van der Waals surface area (Å²) in [6.07, 6.45) is 57.0. The second-order valence-electron chi connectivity index (χ2n) is 30.8. The number of aliphatic hydroxyl groups excluding tert-OH is 1. The molecule has 0 amide bonds. The molecule has 0 radical (unpaired) electrons. The van der Waals surface area contributed by atoms with Crippen LogP contribution in [0.3, 0.4) is 0 Å². The molecule has 0 aliphatic carbocycles. The molecule has 17 nitrogen and oxygen atoms in total. The highest BCUT2D eigenvalue weighted by Crippen LogP contribution is 2.45. The summed E-state index contributed by atoms with van der Waals surface area (Å²) in [6, 6.07) is 0. The summed E-state index contributed by atoms with van der Waals surface area (Å²) in [5, 5.41) is 10.6. The van der Waals surface area contributed by atoms with Gasteiger partial charge in [-0.2, -0.15) is 0 Å². The summed E-state index contributed by atoms with van der Waals surface area (Å²) in [7, 11) is -9.92. The number of carbonyl (C=O) groups excluding carboxylic acids is 4. The van der Waals surface area contributed by atoms with Crippen molar-refractivity contribution in [3.63, 3.8) is 0 Å². The molecule has 0 heterocycles. The lowest BCUT2D eigenvalue weighted by Crippen LogP contribution is -2.30. The van der Waals surface area contributed by atoms with Crippen LogP contribution < -0.4 is 0 Å². The number of hydrogen-bond acceptors (Lipinski definition) is 15. The Balaban J connectivity index is 5.21. The topological polar surface area (TPSA) is 237 Å². The summed E-state index contributed by atoms with van der Waals surface area (Å²) in [5.41, 5.74) is 0. The average Bonchev–Trinajstić information content (AvgIpc) is 0.984. The second kappa shape index (κ2) is 70.1. The first-order valence-corrected chi connectivity index (χ1v) is 44.7. The van der Waals surface area contributed by atoms with Crippen molar-refractivity contribution < 1.29 is 80.2 Å². The van der Waals surface area contributed by atoms with Gasteiger partial charge in [0.25, 0.3) is 0 Å². The third-order valence-corrected chi connectivity index (χ3v) is 21.1. The van der Waals surface area contributed by atoms with E-state index in [1.165, 1.54) is 212 Å². The van der Waals surface area contributed by atoms with E-state index in [2.05, 4.69) is 55.4 Å². The Morgan fingerprint density at radius 2 is 0.480 bits per heavy atom. The molecule has 3 N–H and O–H groups in total. The zero-order chi connectivity index (χ0) is 73.8. The lowest BCUT2D eigenvalue weighted by Gasteiger charge is -2.21. The van der Waals surface area contributed by atoms with E-state index < -0.39 is 97.5 Å². The smallest absolute Gasteiger partial charge is 0.462 e. The number of unbranched alkanes of at least 4 members (excludes halogenated alkanes) is 43. The normalized spacial score (nSPS) is 14.3. The van der Waals surface area contributed by atoms with E-state index in [-0.39, 0.29) is 25.7 Å². The maximum Gasteiger partial charge on any atom is 0.472 e. The van der Waals surface area contributed by atoms with E-state index in [0.29, 0.717) is 25.7 Å². The summed E-state index contributed by atoms with van der Waals surface area (Å²) in [5.74, 6) is 0.981. The van der Waals surface area contributed by atoms with Gasteiger partial charge in [-0.05, 0) is 49.4 Å². The highest BCUT2D eigenvalue weighted by atomic mass is 31.2. The molecular formula is C81H158O17P2. The molecule has 3 unspecified atom stereocenters. The van der Waals surface area contributed by atoms with Crippen molar-refractivity contribution in [2.75, 3.05) is 39.6 Å². The first-order chi connectivity index (χ1) is 48.1. The fraction of sp³-hybridized carbons (Fsp3) is 0.951. The van der Waals surface area contributed by atoms with Crippen molar-refractivity contribution in [1.82, 2.24) is 0 Å². The highest BCUT2D eigenvalue weighted by molar-refractivity contribution is 7.47. The Kier molecular flexibility index (Phi) is 68.7. The number of phosphoric ester groups is 2. The Morgan fingerprint density at radius 3 is 0.710 bits per heavy atom. The molecule has 0 bridgehead atoms. The quantitative estimate of drug-likeness (QED) is 0.0222. The van der Waals surface area contributed by atoms with Crippen LogP contribution in [0, 0.1) is 23.7 Å². The van der Waals surface area contributed by atoms with Gasteiger partial charge in [-0.3, -0.25) is 37.3 Å². The van der Waals surface area contributed by atoms with E-state index in [1.807, 2.05) is 0 Å². The van der Waals surface area contributed by atoms with Crippen LogP contribution in [0.5, 0.6) is 0 Å². The van der Waals surface area contributed by atoms with Gasteiger partial charge in [-0.25, -0.2) is 9.13 Å². The van der Waals surface area contributed by atoms with Gasteiger partial charge >= 0.3 is 39.5 Å². The van der Waals surface area contributed by atoms with Gasteiger partial charge in [0.15, 0.2) is 12.2 Å². The Morgan fingerprint density at radius 1 is 0.280 bits per heavy atom. The van der Waals surface area contributed by atoms with E-state index in [1.54, 1.807) is 0 Å². The molecule has 6 atom stereocenters. The van der Waals surface area contributed by atoms with Crippen molar-refractivity contribution >= 4 is 39.5 Å². The van der Waals surface area contributed by atoms with Gasteiger partial charge in [0.05, 0.1) is 26.4 Å². The number of rotatable bonds is 78. The lowest BCUT2D eigenvalue weighted by atomic mass is 10.00. The minimum absolute atomic E-state index is 0.107. The Hall–Kier alpha value is -1.94. The highest BCUT2D eigenvalue weighted by Gasteiger charge is 2.30. The molecule has 0 aliphatic heterocycles. The van der Waals surface area contributed by atoms with Crippen LogP contribution in [0.25, 0.3) is 0 Å². The number of hydrogen-bond donors (Lipinski definition) is 3. The SMILES string of the molecule is CCC(C)CCCCCCCCC(=O)OC[C@H](COP(=O)(O)OC[C@H](O)COP(=O)(O)OC[C@@H](COC(=O)CCCCCCCCCCCCC(C)C)OC(=O)CCCCCCCCCCCCCCCC(C)C)OC(=O)CCCCCCCCCCCCCCCCCCCCC(C)C. The van der Waals surface area contributed by atoms with Crippen LogP contribution >= 0.6 is 15.6 Å². The molecular weight excluding hydrogens is 1310 g/mol. The second-order valence-corrected chi connectivity index (χ2v) is 33.7. The zero-order valence-electron chi connectivity index (χ0n) is 65.8.